The summed E-state index contributed by atoms with van der Waals surface area (Å²) in [7, 11) is 0. The Morgan fingerprint density at radius 1 is 1.29 bits per heavy atom. The third-order valence-corrected chi connectivity index (χ3v) is 3.13. The number of carbonyl (C=O) groups excluding carboxylic acids is 2. The zero-order valence-electron chi connectivity index (χ0n) is 12.9. The number of hydrogen-bond acceptors (Lipinski definition) is 4. The Morgan fingerprint density at radius 2 is 2.00 bits per heavy atom. The third-order valence-electron chi connectivity index (χ3n) is 3.13. The van der Waals surface area contributed by atoms with E-state index in [1.807, 2.05) is 25.1 Å². The zero-order valence-corrected chi connectivity index (χ0v) is 12.9. The van der Waals surface area contributed by atoms with Crippen molar-refractivity contribution in [2.24, 2.45) is 5.73 Å². The predicted molar refractivity (Wildman–Crippen MR) is 82.2 cm³/mol. The van der Waals surface area contributed by atoms with Gasteiger partial charge in [0.25, 0.3) is 0 Å². The molecule has 1 amide bonds. The smallest absolute Gasteiger partial charge is 0.311 e. The molecule has 0 fully saturated rings. The van der Waals surface area contributed by atoms with E-state index in [0.717, 1.165) is 11.1 Å². The molecule has 0 aliphatic rings. The highest BCUT2D eigenvalue weighted by molar-refractivity contribution is 5.82. The Balaban J connectivity index is 2.54. The fourth-order valence-corrected chi connectivity index (χ4v) is 1.77. The number of ether oxygens (including phenoxy) is 1. The highest BCUT2D eigenvalue weighted by atomic mass is 16.5. The van der Waals surface area contributed by atoms with Crippen LogP contribution in [-0.2, 0) is 9.59 Å². The lowest BCUT2D eigenvalue weighted by atomic mass is 10.0. The maximum atomic E-state index is 11.8. The molecule has 0 saturated carbocycles. The van der Waals surface area contributed by atoms with Crippen LogP contribution >= 0.6 is 0 Å². The van der Waals surface area contributed by atoms with Gasteiger partial charge in [0, 0.05) is 19.5 Å². The first kappa shape index (κ1) is 17.2. The number of amides is 1. The minimum atomic E-state index is -0.401. The lowest BCUT2D eigenvalue weighted by Gasteiger charge is -2.11. The van der Waals surface area contributed by atoms with Crippen molar-refractivity contribution in [2.75, 3.05) is 13.1 Å². The second kappa shape index (κ2) is 8.42. The first-order valence-corrected chi connectivity index (χ1v) is 7.22. The lowest BCUT2D eigenvalue weighted by molar-refractivity contribution is -0.136. The van der Waals surface area contributed by atoms with Gasteiger partial charge in [0.15, 0.2) is 0 Å². The maximum absolute atomic E-state index is 11.8. The second-order valence-corrected chi connectivity index (χ2v) is 5.29. The van der Waals surface area contributed by atoms with Crippen LogP contribution in [0, 0.1) is 6.92 Å². The molecule has 1 aromatic carbocycles. The van der Waals surface area contributed by atoms with Crippen LogP contribution in [-0.4, -0.2) is 25.0 Å². The summed E-state index contributed by atoms with van der Waals surface area (Å²) in [5, 5.41) is 2.62. The van der Waals surface area contributed by atoms with E-state index < -0.39 is 5.97 Å². The molecular formula is C16H24N2O3. The van der Waals surface area contributed by atoms with Crippen molar-refractivity contribution in [1.82, 2.24) is 5.32 Å². The molecule has 0 aromatic heterocycles. The number of aryl methyl sites for hydroxylation is 1. The molecule has 3 N–H and O–H groups in total. The summed E-state index contributed by atoms with van der Waals surface area (Å²) < 4.78 is 5.35. The molecule has 0 aliphatic carbocycles. The average molecular weight is 292 g/mol. The number of carbonyl (C=O) groups is 2. The highest BCUT2D eigenvalue weighted by Gasteiger charge is 2.11. The number of nitrogens with one attached hydrogen (secondary N) is 1. The molecule has 0 aliphatic heterocycles. The van der Waals surface area contributed by atoms with Crippen LogP contribution in [0.2, 0.25) is 0 Å². The van der Waals surface area contributed by atoms with Gasteiger partial charge in [-0.05, 0) is 30.0 Å². The molecule has 21 heavy (non-hydrogen) atoms. The molecule has 0 heterocycles. The standard InChI is InChI=1S/C16H24N2O3/c1-11(2)13-5-4-12(3)14(10-13)21-16(20)7-6-15(19)18-9-8-17/h4-5,10-11H,6-9,17H2,1-3H3,(H,18,19). The summed E-state index contributed by atoms with van der Waals surface area (Å²) in [5.74, 6) is 0.339. The zero-order chi connectivity index (χ0) is 15.8. The van der Waals surface area contributed by atoms with Gasteiger partial charge in [-0.3, -0.25) is 9.59 Å². The van der Waals surface area contributed by atoms with Crippen molar-refractivity contribution in [3.63, 3.8) is 0 Å². The molecule has 5 heteroatoms. The van der Waals surface area contributed by atoms with E-state index in [9.17, 15) is 9.59 Å². The summed E-state index contributed by atoms with van der Waals surface area (Å²) >= 11 is 0. The summed E-state index contributed by atoms with van der Waals surface area (Å²) in [6, 6.07) is 5.84. The Labute approximate surface area is 125 Å². The molecule has 0 bridgehead atoms. The minimum Gasteiger partial charge on any atom is -0.426 e. The van der Waals surface area contributed by atoms with Crippen LogP contribution in [0.4, 0.5) is 0 Å². The molecule has 0 radical (unpaired) electrons. The van der Waals surface area contributed by atoms with Crippen LogP contribution in [0.3, 0.4) is 0 Å². The van der Waals surface area contributed by atoms with Gasteiger partial charge in [0.1, 0.15) is 5.75 Å². The summed E-state index contributed by atoms with van der Waals surface area (Å²) in [4.78, 5) is 23.2. The lowest BCUT2D eigenvalue weighted by Crippen LogP contribution is -2.29. The molecule has 0 unspecified atom stereocenters. The molecule has 0 atom stereocenters. The van der Waals surface area contributed by atoms with Crippen molar-refractivity contribution >= 4 is 11.9 Å². The topological polar surface area (TPSA) is 81.4 Å². The van der Waals surface area contributed by atoms with Crippen LogP contribution in [0.15, 0.2) is 18.2 Å². The third kappa shape index (κ3) is 5.95. The average Bonchev–Trinajstić information content (AvgIpc) is 2.45. The highest BCUT2D eigenvalue weighted by Crippen LogP contribution is 2.24. The van der Waals surface area contributed by atoms with E-state index in [1.165, 1.54) is 0 Å². The van der Waals surface area contributed by atoms with Gasteiger partial charge in [0.2, 0.25) is 5.91 Å². The summed E-state index contributed by atoms with van der Waals surface area (Å²) in [5.41, 5.74) is 7.30. The quantitative estimate of drug-likeness (QED) is 0.594. The van der Waals surface area contributed by atoms with Crippen molar-refractivity contribution in [2.45, 2.75) is 39.5 Å². The minimum absolute atomic E-state index is 0.0573. The van der Waals surface area contributed by atoms with Gasteiger partial charge in [-0.1, -0.05) is 26.0 Å². The fourth-order valence-electron chi connectivity index (χ4n) is 1.77. The SMILES string of the molecule is Cc1ccc(C(C)C)cc1OC(=O)CCC(=O)NCCN. The first-order chi connectivity index (χ1) is 9.93. The van der Waals surface area contributed by atoms with Gasteiger partial charge in [0.05, 0.1) is 6.42 Å². The van der Waals surface area contributed by atoms with Gasteiger partial charge in [-0.2, -0.15) is 0 Å². The van der Waals surface area contributed by atoms with Gasteiger partial charge >= 0.3 is 5.97 Å². The molecule has 0 spiro atoms. The molecule has 1 aromatic rings. The van der Waals surface area contributed by atoms with Gasteiger partial charge in [-0.15, -0.1) is 0 Å². The van der Waals surface area contributed by atoms with Crippen LogP contribution in [0.25, 0.3) is 0 Å². The first-order valence-electron chi connectivity index (χ1n) is 7.22. The Hall–Kier alpha value is -1.88. The Morgan fingerprint density at radius 3 is 2.62 bits per heavy atom. The second-order valence-electron chi connectivity index (χ2n) is 5.29. The normalized spacial score (nSPS) is 10.5. The van der Waals surface area contributed by atoms with Crippen LogP contribution in [0.5, 0.6) is 5.75 Å². The monoisotopic (exact) mass is 292 g/mol. The number of benzene rings is 1. The Kier molecular flexibility index (Phi) is 6.88. The molecule has 5 nitrogen and oxygen atoms in total. The van der Waals surface area contributed by atoms with E-state index in [1.54, 1.807) is 0 Å². The van der Waals surface area contributed by atoms with E-state index in [0.29, 0.717) is 24.8 Å². The van der Waals surface area contributed by atoms with Crippen LogP contribution in [0.1, 0.15) is 43.7 Å². The van der Waals surface area contributed by atoms with E-state index in [-0.39, 0.29) is 18.7 Å². The number of hydrogen-bond donors (Lipinski definition) is 2. The van der Waals surface area contributed by atoms with E-state index >= 15 is 0 Å². The maximum Gasteiger partial charge on any atom is 0.311 e. The molecule has 0 saturated heterocycles. The number of esters is 1. The van der Waals surface area contributed by atoms with E-state index in [2.05, 4.69) is 19.2 Å². The molecule has 1 rings (SSSR count). The Bertz CT molecular complexity index is 498. The predicted octanol–water partition coefficient (Wildman–Crippen LogP) is 1.88. The van der Waals surface area contributed by atoms with Crippen molar-refractivity contribution in [3.8, 4) is 5.75 Å². The van der Waals surface area contributed by atoms with Gasteiger partial charge < -0.3 is 15.8 Å². The van der Waals surface area contributed by atoms with Crippen LogP contribution < -0.4 is 15.8 Å². The van der Waals surface area contributed by atoms with Crippen molar-refractivity contribution in [1.29, 1.82) is 0 Å². The van der Waals surface area contributed by atoms with Crippen molar-refractivity contribution in [3.05, 3.63) is 29.3 Å². The van der Waals surface area contributed by atoms with E-state index in [4.69, 9.17) is 10.5 Å². The summed E-state index contributed by atoms with van der Waals surface area (Å²) in [6.07, 6.45) is 0.170. The van der Waals surface area contributed by atoms with Gasteiger partial charge in [-0.25, -0.2) is 0 Å². The molecule has 116 valence electrons. The largest absolute Gasteiger partial charge is 0.426 e. The van der Waals surface area contributed by atoms with Crippen molar-refractivity contribution < 1.29 is 14.3 Å². The summed E-state index contributed by atoms with van der Waals surface area (Å²) in [6.45, 7) is 6.86. The fraction of sp³-hybridized carbons (Fsp3) is 0.500. The molecular weight excluding hydrogens is 268 g/mol. The number of nitrogens with two attached hydrogens (primary N) is 1. The number of rotatable bonds is 7.